The standard InChI is InChI=1S/C28H29Cl2N7O2/c1-39-24-8-4-21(5-9-24)17-35-12-13-37(26-15-25(30)33-28(34-26)36-11-10-31-19-36)23(18-35)14-27(38)32-16-20-2-6-22(29)7-3-20/h2-11,15,19,23H,12-14,16-18H2,1H3,(H,32,38). The molecule has 1 fully saturated rings. The minimum absolute atomic E-state index is 0.0405. The number of ether oxygens (including phenoxy) is 1. The Kier molecular flexibility index (Phi) is 8.61. The number of hydrogen-bond donors (Lipinski definition) is 1. The number of hydrogen-bond acceptors (Lipinski definition) is 7. The van der Waals surface area contributed by atoms with Crippen LogP contribution in [0.5, 0.6) is 5.75 Å². The highest BCUT2D eigenvalue weighted by Gasteiger charge is 2.30. The van der Waals surface area contributed by atoms with Gasteiger partial charge in [0.15, 0.2) is 0 Å². The number of piperazine rings is 1. The Hall–Kier alpha value is -3.66. The van der Waals surface area contributed by atoms with Crippen LogP contribution in [0.3, 0.4) is 0 Å². The van der Waals surface area contributed by atoms with Crippen LogP contribution in [0, 0.1) is 0 Å². The molecule has 0 aliphatic carbocycles. The second kappa shape index (κ2) is 12.5. The van der Waals surface area contributed by atoms with Crippen LogP contribution in [-0.2, 0) is 17.9 Å². The van der Waals surface area contributed by atoms with E-state index in [1.807, 2.05) is 36.4 Å². The fourth-order valence-electron chi connectivity index (χ4n) is 4.65. The van der Waals surface area contributed by atoms with Crippen molar-refractivity contribution in [3.63, 3.8) is 0 Å². The lowest BCUT2D eigenvalue weighted by molar-refractivity contribution is -0.121. The molecule has 1 aliphatic rings. The van der Waals surface area contributed by atoms with Gasteiger partial charge in [0.05, 0.1) is 13.2 Å². The van der Waals surface area contributed by atoms with Crippen LogP contribution in [0.25, 0.3) is 5.95 Å². The third kappa shape index (κ3) is 7.06. The topological polar surface area (TPSA) is 88.4 Å². The third-order valence-electron chi connectivity index (χ3n) is 6.66. The second-order valence-corrected chi connectivity index (χ2v) is 10.2. The number of halogens is 2. The lowest BCUT2D eigenvalue weighted by atomic mass is 10.1. The number of imidazole rings is 1. The zero-order valence-corrected chi connectivity index (χ0v) is 23.0. The molecular formula is C28H29Cl2N7O2. The molecule has 0 saturated carbocycles. The molecule has 4 aromatic rings. The summed E-state index contributed by atoms with van der Waals surface area (Å²) in [5.74, 6) is 1.90. The predicted molar refractivity (Wildman–Crippen MR) is 151 cm³/mol. The number of aromatic nitrogens is 4. The van der Waals surface area contributed by atoms with E-state index in [9.17, 15) is 4.79 Å². The smallest absolute Gasteiger partial charge is 0.238 e. The summed E-state index contributed by atoms with van der Waals surface area (Å²) in [6.45, 7) is 3.37. The van der Waals surface area contributed by atoms with Gasteiger partial charge in [-0.25, -0.2) is 9.97 Å². The maximum atomic E-state index is 13.1. The van der Waals surface area contributed by atoms with Gasteiger partial charge in [-0.2, -0.15) is 4.98 Å². The number of carbonyl (C=O) groups excluding carboxylic acids is 1. The molecule has 5 rings (SSSR count). The average molecular weight is 566 g/mol. The summed E-state index contributed by atoms with van der Waals surface area (Å²) in [5.41, 5.74) is 2.17. The number of benzene rings is 2. The van der Waals surface area contributed by atoms with Crippen LogP contribution in [0.2, 0.25) is 10.2 Å². The highest BCUT2D eigenvalue weighted by molar-refractivity contribution is 6.30. The largest absolute Gasteiger partial charge is 0.497 e. The van der Waals surface area contributed by atoms with Gasteiger partial charge in [-0.1, -0.05) is 47.5 Å². The van der Waals surface area contributed by atoms with Crippen molar-refractivity contribution >= 4 is 34.9 Å². The monoisotopic (exact) mass is 565 g/mol. The number of methoxy groups -OCH3 is 1. The molecule has 0 bridgehead atoms. The Morgan fingerprint density at radius 3 is 2.54 bits per heavy atom. The molecule has 1 amide bonds. The van der Waals surface area contributed by atoms with Gasteiger partial charge < -0.3 is 15.0 Å². The van der Waals surface area contributed by atoms with Crippen molar-refractivity contribution < 1.29 is 9.53 Å². The van der Waals surface area contributed by atoms with Crippen molar-refractivity contribution in [1.29, 1.82) is 0 Å². The van der Waals surface area contributed by atoms with Crippen molar-refractivity contribution in [2.45, 2.75) is 25.6 Å². The molecule has 1 saturated heterocycles. The number of nitrogens with zero attached hydrogens (tertiary/aromatic N) is 6. The van der Waals surface area contributed by atoms with E-state index in [-0.39, 0.29) is 11.9 Å². The van der Waals surface area contributed by atoms with Gasteiger partial charge in [-0.3, -0.25) is 14.3 Å². The molecule has 2 aromatic carbocycles. The number of anilines is 1. The SMILES string of the molecule is COc1ccc(CN2CCN(c3cc(Cl)nc(-n4ccnc4)n3)C(CC(=O)NCc3ccc(Cl)cc3)C2)cc1. The van der Waals surface area contributed by atoms with Crippen LogP contribution in [0.15, 0.2) is 73.3 Å². The lowest BCUT2D eigenvalue weighted by Crippen LogP contribution is -2.54. The van der Waals surface area contributed by atoms with E-state index in [1.54, 1.807) is 36.5 Å². The summed E-state index contributed by atoms with van der Waals surface area (Å²) in [4.78, 5) is 30.8. The van der Waals surface area contributed by atoms with Crippen LogP contribution < -0.4 is 15.0 Å². The fraction of sp³-hybridized carbons (Fsp3) is 0.286. The normalized spacial score (nSPS) is 15.8. The summed E-state index contributed by atoms with van der Waals surface area (Å²) in [6.07, 6.45) is 5.36. The van der Waals surface area contributed by atoms with E-state index in [0.29, 0.717) is 48.0 Å². The van der Waals surface area contributed by atoms with E-state index >= 15 is 0 Å². The van der Waals surface area contributed by atoms with Crippen LogP contribution >= 0.6 is 23.2 Å². The molecule has 11 heteroatoms. The van der Waals surface area contributed by atoms with Gasteiger partial charge in [0.2, 0.25) is 11.9 Å². The van der Waals surface area contributed by atoms with Gasteiger partial charge in [-0.15, -0.1) is 0 Å². The molecule has 0 radical (unpaired) electrons. The fourth-order valence-corrected chi connectivity index (χ4v) is 4.95. The Morgan fingerprint density at radius 1 is 1.05 bits per heavy atom. The molecule has 9 nitrogen and oxygen atoms in total. The first kappa shape index (κ1) is 26.9. The molecule has 202 valence electrons. The molecule has 1 atom stereocenters. The quantitative estimate of drug-likeness (QED) is 0.301. The molecule has 0 spiro atoms. The Labute approximate surface area is 237 Å². The first-order valence-electron chi connectivity index (χ1n) is 12.6. The molecule has 1 aliphatic heterocycles. The van der Waals surface area contributed by atoms with Crippen molar-refractivity contribution in [2.75, 3.05) is 31.6 Å². The maximum Gasteiger partial charge on any atom is 0.238 e. The maximum absolute atomic E-state index is 13.1. The second-order valence-electron chi connectivity index (χ2n) is 9.36. The minimum atomic E-state index is -0.121. The Morgan fingerprint density at radius 2 is 1.82 bits per heavy atom. The zero-order chi connectivity index (χ0) is 27.2. The van der Waals surface area contributed by atoms with Crippen molar-refractivity contribution in [2.24, 2.45) is 0 Å². The minimum Gasteiger partial charge on any atom is -0.497 e. The highest BCUT2D eigenvalue weighted by Crippen LogP contribution is 2.25. The molecular weight excluding hydrogens is 537 g/mol. The molecule has 39 heavy (non-hydrogen) atoms. The summed E-state index contributed by atoms with van der Waals surface area (Å²) in [6, 6.07) is 17.2. The van der Waals surface area contributed by atoms with Crippen LogP contribution in [-0.4, -0.2) is 63.1 Å². The highest BCUT2D eigenvalue weighted by atomic mass is 35.5. The van der Waals surface area contributed by atoms with E-state index < -0.39 is 0 Å². The lowest BCUT2D eigenvalue weighted by Gasteiger charge is -2.42. The number of carbonyl (C=O) groups is 1. The van der Waals surface area contributed by atoms with Gasteiger partial charge in [0, 0.05) is 62.6 Å². The van der Waals surface area contributed by atoms with Crippen molar-refractivity contribution in [3.05, 3.63) is 94.6 Å². The summed E-state index contributed by atoms with van der Waals surface area (Å²) in [5, 5.41) is 4.04. The van der Waals surface area contributed by atoms with Crippen molar-refractivity contribution in [3.8, 4) is 11.7 Å². The van der Waals surface area contributed by atoms with E-state index in [1.165, 1.54) is 5.56 Å². The molecule has 2 aromatic heterocycles. The van der Waals surface area contributed by atoms with Crippen LogP contribution in [0.1, 0.15) is 17.5 Å². The van der Waals surface area contributed by atoms with E-state index in [4.69, 9.17) is 32.9 Å². The Bertz CT molecular complexity index is 1380. The van der Waals surface area contributed by atoms with E-state index in [2.05, 4.69) is 37.2 Å². The number of amides is 1. The first-order chi connectivity index (χ1) is 19.0. The zero-order valence-electron chi connectivity index (χ0n) is 21.5. The summed E-state index contributed by atoms with van der Waals surface area (Å²) < 4.78 is 7.00. The first-order valence-corrected chi connectivity index (χ1v) is 13.4. The van der Waals surface area contributed by atoms with Gasteiger partial charge in [0.1, 0.15) is 23.0 Å². The molecule has 3 heterocycles. The van der Waals surface area contributed by atoms with Gasteiger partial charge in [0.25, 0.3) is 0 Å². The van der Waals surface area contributed by atoms with Gasteiger partial charge in [-0.05, 0) is 35.4 Å². The van der Waals surface area contributed by atoms with Crippen LogP contribution in [0.4, 0.5) is 5.82 Å². The van der Waals surface area contributed by atoms with Crippen molar-refractivity contribution in [1.82, 2.24) is 29.7 Å². The number of rotatable bonds is 9. The predicted octanol–water partition coefficient (Wildman–Crippen LogP) is 4.38. The molecule has 1 N–H and O–H groups in total. The summed E-state index contributed by atoms with van der Waals surface area (Å²) >= 11 is 12.4. The van der Waals surface area contributed by atoms with Gasteiger partial charge >= 0.3 is 0 Å². The third-order valence-corrected chi connectivity index (χ3v) is 7.10. The summed E-state index contributed by atoms with van der Waals surface area (Å²) in [7, 11) is 1.66. The average Bonchev–Trinajstić information content (AvgIpc) is 3.48. The molecule has 1 unspecified atom stereocenters. The number of nitrogens with one attached hydrogen (secondary N) is 1. The van der Waals surface area contributed by atoms with E-state index in [0.717, 1.165) is 24.4 Å². The Balaban J connectivity index is 1.33.